The quantitative estimate of drug-likeness (QED) is 0.263. The van der Waals surface area contributed by atoms with Gasteiger partial charge in [0.15, 0.2) is 0 Å². The Kier molecular flexibility index (Phi) is 7.86. The highest BCUT2D eigenvalue weighted by Gasteiger charge is 2.06. The maximum absolute atomic E-state index is 5.66. The highest BCUT2D eigenvalue weighted by molar-refractivity contribution is 7.15. The first-order chi connectivity index (χ1) is 13.8. The summed E-state index contributed by atoms with van der Waals surface area (Å²) in [4.78, 5) is 6.02. The molecule has 1 aromatic heterocycles. The molecule has 1 heterocycles. The first kappa shape index (κ1) is 20.3. The van der Waals surface area contributed by atoms with Crippen LogP contribution in [0.5, 0.6) is 5.75 Å². The van der Waals surface area contributed by atoms with Crippen molar-refractivity contribution in [3.63, 3.8) is 0 Å². The van der Waals surface area contributed by atoms with Gasteiger partial charge in [-0.2, -0.15) is 0 Å². The van der Waals surface area contributed by atoms with Gasteiger partial charge in [-0.1, -0.05) is 74.7 Å². The third-order valence-corrected chi connectivity index (χ3v) is 5.84. The molecule has 2 nitrogen and oxygen atoms in total. The first-order valence-corrected chi connectivity index (χ1v) is 11.0. The molecule has 3 rings (SSSR count). The summed E-state index contributed by atoms with van der Waals surface area (Å²) in [6.07, 6.45) is 12.4. The summed E-state index contributed by atoms with van der Waals surface area (Å²) in [5, 5.41) is 1.12. The molecule has 0 saturated heterocycles. The van der Waals surface area contributed by atoms with Crippen LogP contribution in [0.2, 0.25) is 0 Å². The van der Waals surface area contributed by atoms with Crippen LogP contribution in [-0.2, 0) is 6.42 Å². The molecule has 146 valence electrons. The number of hydrogen-bond donors (Lipinski definition) is 0. The normalized spacial score (nSPS) is 11.2. The van der Waals surface area contributed by atoms with Gasteiger partial charge in [0.25, 0.3) is 0 Å². The lowest BCUT2D eigenvalue weighted by atomic mass is 10.0. The molecule has 28 heavy (non-hydrogen) atoms. The summed E-state index contributed by atoms with van der Waals surface area (Å²) < 4.78 is 5.66. The Bertz CT molecular complexity index is 862. The monoisotopic (exact) mass is 391 g/mol. The van der Waals surface area contributed by atoms with E-state index in [1.54, 1.807) is 0 Å². The lowest BCUT2D eigenvalue weighted by molar-refractivity contribution is 0.363. The predicted octanol–water partition coefficient (Wildman–Crippen LogP) is 7.55. The van der Waals surface area contributed by atoms with Gasteiger partial charge >= 0.3 is 0 Å². The molecule has 0 atom stereocenters. The number of hydrogen-bond acceptors (Lipinski definition) is 3. The Balaban J connectivity index is 1.61. The maximum atomic E-state index is 5.66. The van der Waals surface area contributed by atoms with Gasteiger partial charge in [-0.15, -0.1) is 11.3 Å². The van der Waals surface area contributed by atoms with Gasteiger partial charge in [-0.3, -0.25) is 0 Å². The van der Waals surface area contributed by atoms with Gasteiger partial charge in [0.05, 0.1) is 0 Å². The van der Waals surface area contributed by atoms with E-state index in [1.807, 2.05) is 48.7 Å². The summed E-state index contributed by atoms with van der Waals surface area (Å²) >= 11 is 1.82. The number of thiazole rings is 1. The van der Waals surface area contributed by atoms with Crippen molar-refractivity contribution in [2.75, 3.05) is 6.61 Å². The van der Waals surface area contributed by atoms with Crippen LogP contribution < -0.4 is 4.74 Å². The average molecular weight is 392 g/mol. The Hall–Kier alpha value is -2.39. The smallest absolute Gasteiger partial charge is 0.123 e. The summed E-state index contributed by atoms with van der Waals surface area (Å²) in [6, 6.07) is 17.0. The zero-order chi connectivity index (χ0) is 19.6. The SMILES string of the molecule is C/C=C/COc1ccc(-c2ccc(-c3ncc(CCCCCC)s3)cc2)cc1. The molecule has 0 saturated carbocycles. The largest absolute Gasteiger partial charge is 0.490 e. The second kappa shape index (κ2) is 10.8. The lowest BCUT2D eigenvalue weighted by Gasteiger charge is -2.06. The summed E-state index contributed by atoms with van der Waals surface area (Å²) in [5.74, 6) is 0.896. The molecule has 0 fully saturated rings. The minimum Gasteiger partial charge on any atom is -0.490 e. The predicted molar refractivity (Wildman–Crippen MR) is 121 cm³/mol. The molecule has 2 aromatic carbocycles. The van der Waals surface area contributed by atoms with Crippen molar-refractivity contribution in [2.45, 2.75) is 46.0 Å². The molecular formula is C25H29NOS. The fourth-order valence-corrected chi connectivity index (χ4v) is 4.03. The number of nitrogens with zero attached hydrogens (tertiary/aromatic N) is 1. The molecule has 0 radical (unpaired) electrons. The van der Waals surface area contributed by atoms with Crippen LogP contribution in [0.25, 0.3) is 21.7 Å². The number of aromatic nitrogens is 1. The van der Waals surface area contributed by atoms with Crippen molar-refractivity contribution in [2.24, 2.45) is 0 Å². The Morgan fingerprint density at radius 3 is 2.25 bits per heavy atom. The minimum absolute atomic E-state index is 0.610. The van der Waals surface area contributed by atoms with Gasteiger partial charge in [-0.25, -0.2) is 4.98 Å². The molecule has 0 bridgehead atoms. The van der Waals surface area contributed by atoms with E-state index in [1.165, 1.54) is 47.3 Å². The minimum atomic E-state index is 0.610. The van der Waals surface area contributed by atoms with Crippen LogP contribution in [0.4, 0.5) is 0 Å². The molecule has 0 N–H and O–H groups in total. The molecule has 0 aliphatic heterocycles. The van der Waals surface area contributed by atoms with Gasteiger partial charge < -0.3 is 4.74 Å². The zero-order valence-corrected chi connectivity index (χ0v) is 17.7. The third-order valence-electron chi connectivity index (χ3n) is 4.73. The van der Waals surface area contributed by atoms with Crippen molar-refractivity contribution in [1.82, 2.24) is 4.98 Å². The van der Waals surface area contributed by atoms with Crippen molar-refractivity contribution < 1.29 is 4.74 Å². The Morgan fingerprint density at radius 2 is 1.57 bits per heavy atom. The van der Waals surface area contributed by atoms with Crippen LogP contribution in [0, 0.1) is 0 Å². The fraction of sp³-hybridized carbons (Fsp3) is 0.320. The molecule has 0 amide bonds. The van der Waals surface area contributed by atoms with E-state index >= 15 is 0 Å². The van der Waals surface area contributed by atoms with Crippen LogP contribution in [0.3, 0.4) is 0 Å². The van der Waals surface area contributed by atoms with Gasteiger partial charge in [-0.05, 0) is 43.0 Å². The second-order valence-corrected chi connectivity index (χ2v) is 8.04. The van der Waals surface area contributed by atoms with E-state index in [0.717, 1.165) is 17.2 Å². The Morgan fingerprint density at radius 1 is 0.893 bits per heavy atom. The van der Waals surface area contributed by atoms with E-state index < -0.39 is 0 Å². The number of allylic oxidation sites excluding steroid dienone is 1. The topological polar surface area (TPSA) is 22.1 Å². The second-order valence-electron chi connectivity index (χ2n) is 6.92. The summed E-state index contributed by atoms with van der Waals surface area (Å²) in [6.45, 7) is 4.86. The van der Waals surface area contributed by atoms with Crippen molar-refractivity contribution in [3.8, 4) is 27.4 Å². The first-order valence-electron chi connectivity index (χ1n) is 10.2. The van der Waals surface area contributed by atoms with Crippen molar-refractivity contribution in [1.29, 1.82) is 0 Å². The van der Waals surface area contributed by atoms with E-state index in [2.05, 4.69) is 48.3 Å². The number of ether oxygens (including phenoxy) is 1. The Labute approximate surface area is 172 Å². The van der Waals surface area contributed by atoms with Gasteiger partial charge in [0, 0.05) is 16.6 Å². The van der Waals surface area contributed by atoms with Crippen LogP contribution in [0.1, 0.15) is 44.4 Å². The fourth-order valence-electron chi connectivity index (χ4n) is 3.07. The van der Waals surface area contributed by atoms with Crippen LogP contribution in [0.15, 0.2) is 66.9 Å². The molecule has 0 spiro atoms. The highest BCUT2D eigenvalue weighted by Crippen LogP contribution is 2.29. The van der Waals surface area contributed by atoms with E-state index in [4.69, 9.17) is 4.74 Å². The van der Waals surface area contributed by atoms with Crippen molar-refractivity contribution >= 4 is 11.3 Å². The molecule has 3 aromatic rings. The number of aryl methyl sites for hydroxylation is 1. The van der Waals surface area contributed by atoms with Crippen LogP contribution in [-0.4, -0.2) is 11.6 Å². The molecule has 0 unspecified atom stereocenters. The number of rotatable bonds is 10. The average Bonchev–Trinajstić information content (AvgIpc) is 3.21. The summed E-state index contributed by atoms with van der Waals surface area (Å²) in [5.41, 5.74) is 3.60. The third kappa shape index (κ3) is 5.80. The molecule has 0 aliphatic rings. The molecule has 0 aliphatic carbocycles. The van der Waals surface area contributed by atoms with E-state index in [9.17, 15) is 0 Å². The highest BCUT2D eigenvalue weighted by atomic mass is 32.1. The lowest BCUT2D eigenvalue weighted by Crippen LogP contribution is -1.92. The van der Waals surface area contributed by atoms with E-state index in [-0.39, 0.29) is 0 Å². The van der Waals surface area contributed by atoms with Crippen LogP contribution >= 0.6 is 11.3 Å². The summed E-state index contributed by atoms with van der Waals surface area (Å²) in [7, 11) is 0. The number of benzene rings is 2. The molecular weight excluding hydrogens is 362 g/mol. The number of unbranched alkanes of at least 4 members (excludes halogenated alkanes) is 3. The molecule has 3 heteroatoms. The maximum Gasteiger partial charge on any atom is 0.123 e. The van der Waals surface area contributed by atoms with Crippen molar-refractivity contribution in [3.05, 3.63) is 71.8 Å². The van der Waals surface area contributed by atoms with E-state index in [0.29, 0.717) is 6.61 Å². The van der Waals surface area contributed by atoms with Gasteiger partial charge in [0.1, 0.15) is 17.4 Å². The van der Waals surface area contributed by atoms with Gasteiger partial charge in [0.2, 0.25) is 0 Å². The zero-order valence-electron chi connectivity index (χ0n) is 16.9. The standard InChI is InChI=1S/C25H29NOS/c1-3-5-7-8-9-24-19-26-25(28-24)22-12-10-20(11-13-22)21-14-16-23(17-15-21)27-18-6-4-2/h4,6,10-17,19H,3,5,7-9,18H2,1-2H3/b6-4+.